The first-order valence-corrected chi connectivity index (χ1v) is 11.3. The summed E-state index contributed by atoms with van der Waals surface area (Å²) in [6, 6.07) is 27.4. The Labute approximate surface area is 191 Å². The van der Waals surface area contributed by atoms with Crippen LogP contribution < -0.4 is 10.1 Å². The second-order valence-electron chi connectivity index (χ2n) is 7.20. The number of methoxy groups -OCH3 is 1. The Morgan fingerprint density at radius 3 is 2.44 bits per heavy atom. The summed E-state index contributed by atoms with van der Waals surface area (Å²) in [5.74, 6) is 1.61. The molecule has 1 aromatic heterocycles. The van der Waals surface area contributed by atoms with Crippen LogP contribution in [0.4, 0.5) is 0 Å². The maximum Gasteiger partial charge on any atom is 0.230 e. The molecule has 1 amide bonds. The van der Waals surface area contributed by atoms with Gasteiger partial charge in [0.1, 0.15) is 5.75 Å². The smallest absolute Gasteiger partial charge is 0.230 e. The number of carbonyl (C=O) groups excluding carboxylic acids is 1. The fraction of sp³-hybridized carbons (Fsp3) is 0.160. The summed E-state index contributed by atoms with van der Waals surface area (Å²) in [5, 5.41) is 12.5. The molecule has 0 saturated heterocycles. The fourth-order valence-electron chi connectivity index (χ4n) is 3.36. The number of amides is 1. The topological polar surface area (TPSA) is 69.0 Å². The van der Waals surface area contributed by atoms with Crippen molar-refractivity contribution < 1.29 is 9.53 Å². The van der Waals surface area contributed by atoms with Gasteiger partial charge in [0.25, 0.3) is 0 Å². The van der Waals surface area contributed by atoms with E-state index >= 15 is 0 Å². The van der Waals surface area contributed by atoms with Gasteiger partial charge in [-0.05, 0) is 36.8 Å². The maximum absolute atomic E-state index is 12.6. The number of hydrogen-bond acceptors (Lipinski definition) is 5. The number of benzene rings is 3. The number of para-hydroxylation sites is 1. The van der Waals surface area contributed by atoms with E-state index in [1.54, 1.807) is 7.11 Å². The fourth-order valence-corrected chi connectivity index (χ4v) is 4.12. The van der Waals surface area contributed by atoms with Crippen LogP contribution in [0.25, 0.3) is 17.1 Å². The Hall–Kier alpha value is -3.58. The van der Waals surface area contributed by atoms with Crippen molar-refractivity contribution in [2.24, 2.45) is 0 Å². The zero-order valence-electron chi connectivity index (χ0n) is 17.9. The van der Waals surface area contributed by atoms with Gasteiger partial charge >= 0.3 is 0 Å². The molecule has 0 spiro atoms. The first-order valence-electron chi connectivity index (χ1n) is 10.3. The molecule has 7 heteroatoms. The van der Waals surface area contributed by atoms with Gasteiger partial charge in [0, 0.05) is 11.3 Å². The maximum atomic E-state index is 12.6. The lowest BCUT2D eigenvalue weighted by molar-refractivity contribution is -0.119. The number of carbonyl (C=O) groups is 1. The first kappa shape index (κ1) is 21.6. The number of rotatable bonds is 8. The van der Waals surface area contributed by atoms with Crippen LogP contribution in [-0.2, 0) is 4.79 Å². The Balaban J connectivity index is 1.56. The highest BCUT2D eigenvalue weighted by Crippen LogP contribution is 2.29. The van der Waals surface area contributed by atoms with Crippen LogP contribution in [-0.4, -0.2) is 33.5 Å². The van der Waals surface area contributed by atoms with Crippen LogP contribution in [0.5, 0.6) is 5.75 Å². The zero-order valence-corrected chi connectivity index (χ0v) is 18.8. The van der Waals surface area contributed by atoms with Gasteiger partial charge in [0.2, 0.25) is 5.91 Å². The Morgan fingerprint density at radius 2 is 1.72 bits per heavy atom. The molecule has 0 radical (unpaired) electrons. The van der Waals surface area contributed by atoms with Gasteiger partial charge in [-0.1, -0.05) is 72.4 Å². The number of aromatic nitrogens is 3. The minimum Gasteiger partial charge on any atom is -0.497 e. The molecule has 0 aliphatic carbocycles. The SMILES string of the molecule is COc1cccc(-c2nnc(SCC(=O)NC(C)c3ccccc3)n2-c2ccccc2)c1. The molecule has 1 unspecified atom stereocenters. The molecule has 0 aliphatic heterocycles. The van der Waals surface area contributed by atoms with Gasteiger partial charge in [0.05, 0.1) is 18.9 Å². The number of nitrogens with one attached hydrogen (secondary N) is 1. The van der Waals surface area contributed by atoms with Gasteiger partial charge in [-0.3, -0.25) is 9.36 Å². The van der Waals surface area contributed by atoms with E-state index < -0.39 is 0 Å². The number of ether oxygens (including phenoxy) is 1. The Bertz CT molecular complexity index is 1180. The van der Waals surface area contributed by atoms with Crippen LogP contribution in [0.15, 0.2) is 90.1 Å². The quantitative estimate of drug-likeness (QED) is 0.391. The lowest BCUT2D eigenvalue weighted by Crippen LogP contribution is -2.28. The largest absolute Gasteiger partial charge is 0.497 e. The van der Waals surface area contributed by atoms with Crippen molar-refractivity contribution in [1.82, 2.24) is 20.1 Å². The van der Waals surface area contributed by atoms with Gasteiger partial charge in [-0.2, -0.15) is 0 Å². The van der Waals surface area contributed by atoms with Crippen molar-refractivity contribution in [3.05, 3.63) is 90.5 Å². The molecule has 1 N–H and O–H groups in total. The van der Waals surface area contributed by atoms with E-state index in [1.807, 2.05) is 96.4 Å². The minimum absolute atomic E-state index is 0.0584. The molecule has 4 aromatic rings. The summed E-state index contributed by atoms with van der Waals surface area (Å²) in [6.45, 7) is 1.98. The van der Waals surface area contributed by atoms with Crippen molar-refractivity contribution in [2.75, 3.05) is 12.9 Å². The van der Waals surface area contributed by atoms with Gasteiger partial charge < -0.3 is 10.1 Å². The molecule has 1 heterocycles. The predicted octanol–water partition coefficient (Wildman–Crippen LogP) is 4.91. The average Bonchev–Trinajstić information content (AvgIpc) is 3.28. The Morgan fingerprint density at radius 1 is 1.00 bits per heavy atom. The van der Waals surface area contributed by atoms with Crippen LogP contribution in [0, 0.1) is 0 Å². The molecule has 0 fully saturated rings. The van der Waals surface area contributed by atoms with E-state index in [0.29, 0.717) is 11.0 Å². The monoisotopic (exact) mass is 444 g/mol. The van der Waals surface area contributed by atoms with Crippen molar-refractivity contribution >= 4 is 17.7 Å². The van der Waals surface area contributed by atoms with Crippen molar-refractivity contribution in [2.45, 2.75) is 18.1 Å². The van der Waals surface area contributed by atoms with Crippen molar-refractivity contribution in [1.29, 1.82) is 0 Å². The first-order chi connectivity index (χ1) is 15.7. The molecule has 1 atom stereocenters. The van der Waals surface area contributed by atoms with Crippen molar-refractivity contribution in [3.8, 4) is 22.8 Å². The van der Waals surface area contributed by atoms with Crippen LogP contribution >= 0.6 is 11.8 Å². The number of nitrogens with zero attached hydrogens (tertiary/aromatic N) is 3. The van der Waals surface area contributed by atoms with Crippen molar-refractivity contribution in [3.63, 3.8) is 0 Å². The Kier molecular flexibility index (Phi) is 6.87. The van der Waals surface area contributed by atoms with Gasteiger partial charge in [0.15, 0.2) is 11.0 Å². The van der Waals surface area contributed by atoms with E-state index in [2.05, 4.69) is 15.5 Å². The molecule has 0 saturated carbocycles. The van der Waals surface area contributed by atoms with Crippen LogP contribution in [0.1, 0.15) is 18.5 Å². The average molecular weight is 445 g/mol. The molecular weight excluding hydrogens is 420 g/mol. The number of thioether (sulfide) groups is 1. The standard InChI is InChI=1S/C25H24N4O2S/c1-18(19-10-5-3-6-11-19)26-23(30)17-32-25-28-27-24(20-12-9-15-22(16-20)31-2)29(25)21-13-7-4-8-14-21/h3-16,18H,17H2,1-2H3,(H,26,30). The molecule has 4 rings (SSSR count). The van der Waals surface area contributed by atoms with E-state index in [4.69, 9.17) is 4.74 Å². The summed E-state index contributed by atoms with van der Waals surface area (Å²) in [5.41, 5.74) is 2.88. The summed E-state index contributed by atoms with van der Waals surface area (Å²) in [7, 11) is 1.64. The van der Waals surface area contributed by atoms with E-state index in [0.717, 1.165) is 22.6 Å². The van der Waals surface area contributed by atoms with E-state index in [9.17, 15) is 4.79 Å². The van der Waals surface area contributed by atoms with Gasteiger partial charge in [-0.15, -0.1) is 10.2 Å². The summed E-state index contributed by atoms with van der Waals surface area (Å²) in [6.07, 6.45) is 0. The number of hydrogen-bond donors (Lipinski definition) is 1. The highest BCUT2D eigenvalue weighted by molar-refractivity contribution is 7.99. The third-order valence-electron chi connectivity index (χ3n) is 4.99. The summed E-state index contributed by atoms with van der Waals surface area (Å²) < 4.78 is 7.33. The second-order valence-corrected chi connectivity index (χ2v) is 8.14. The molecule has 3 aromatic carbocycles. The third kappa shape index (κ3) is 5.00. The third-order valence-corrected chi connectivity index (χ3v) is 5.91. The highest BCUT2D eigenvalue weighted by Gasteiger charge is 2.18. The van der Waals surface area contributed by atoms with E-state index in [1.165, 1.54) is 11.8 Å². The minimum atomic E-state index is -0.0661. The predicted molar refractivity (Wildman–Crippen MR) is 127 cm³/mol. The molecule has 162 valence electrons. The molecule has 6 nitrogen and oxygen atoms in total. The second kappa shape index (κ2) is 10.2. The summed E-state index contributed by atoms with van der Waals surface area (Å²) in [4.78, 5) is 12.6. The summed E-state index contributed by atoms with van der Waals surface area (Å²) >= 11 is 1.36. The molecule has 32 heavy (non-hydrogen) atoms. The molecule has 0 bridgehead atoms. The normalized spacial score (nSPS) is 11.7. The highest BCUT2D eigenvalue weighted by atomic mass is 32.2. The molecule has 0 aliphatic rings. The van der Waals surface area contributed by atoms with Gasteiger partial charge in [-0.25, -0.2) is 0 Å². The molecular formula is C25H24N4O2S. The lowest BCUT2D eigenvalue weighted by Gasteiger charge is -2.14. The van der Waals surface area contributed by atoms with Crippen LogP contribution in [0.3, 0.4) is 0 Å². The zero-order chi connectivity index (χ0) is 22.3. The van der Waals surface area contributed by atoms with Crippen LogP contribution in [0.2, 0.25) is 0 Å². The lowest BCUT2D eigenvalue weighted by atomic mass is 10.1. The van der Waals surface area contributed by atoms with E-state index in [-0.39, 0.29) is 17.7 Å².